The minimum atomic E-state index is -3.56. The topological polar surface area (TPSA) is 46.6 Å². The Balaban J connectivity index is 2.02. The summed E-state index contributed by atoms with van der Waals surface area (Å²) in [7, 11) is -6.76. The molecule has 0 radical (unpaired) electrons. The first-order chi connectivity index (χ1) is 15.5. The van der Waals surface area contributed by atoms with E-state index in [-0.39, 0.29) is 5.04 Å². The van der Waals surface area contributed by atoms with Gasteiger partial charge in [0.1, 0.15) is 8.07 Å². The monoisotopic (exact) mass is 519 g/mol. The van der Waals surface area contributed by atoms with Crippen LogP contribution in [0.2, 0.25) is 37.8 Å². The van der Waals surface area contributed by atoms with Crippen LogP contribution in [0.1, 0.15) is 39.2 Å². The largest absolute Gasteiger partial charge is 0.417 e. The van der Waals surface area contributed by atoms with Crippen LogP contribution in [0.15, 0.2) is 41.3 Å². The summed E-state index contributed by atoms with van der Waals surface area (Å²) in [5, 5.41) is 0.219. The van der Waals surface area contributed by atoms with Crippen molar-refractivity contribution in [1.29, 1.82) is 0 Å². The van der Waals surface area contributed by atoms with Gasteiger partial charge in [-0.15, -0.1) is 11.5 Å². The number of hydrogen-bond donors (Lipinski definition) is 0. The fourth-order valence-electron chi connectivity index (χ4n) is 3.26. The summed E-state index contributed by atoms with van der Waals surface area (Å²) in [6, 6.07) is 7.10. The molecule has 0 saturated heterocycles. The van der Waals surface area contributed by atoms with Crippen LogP contribution in [0.3, 0.4) is 0 Å². The highest BCUT2D eigenvalue weighted by Crippen LogP contribution is 2.43. The molecule has 0 unspecified atom stereocenters. The first-order valence-corrected chi connectivity index (χ1v) is 20.3. The van der Waals surface area contributed by atoms with Crippen LogP contribution in [0.25, 0.3) is 0 Å². The molecular formula is C27H45NO3SSi2. The lowest BCUT2D eigenvalue weighted by Gasteiger charge is -2.36. The van der Waals surface area contributed by atoms with Crippen molar-refractivity contribution in [3.8, 4) is 11.5 Å². The second kappa shape index (κ2) is 11.3. The molecule has 0 spiro atoms. The van der Waals surface area contributed by atoms with Gasteiger partial charge in [-0.05, 0) is 55.4 Å². The molecule has 0 bridgehead atoms. The Bertz CT molecular complexity index is 1010. The average molecular weight is 520 g/mol. The lowest BCUT2D eigenvalue weighted by molar-refractivity contribution is 0.268. The Morgan fingerprint density at radius 2 is 1.74 bits per heavy atom. The van der Waals surface area contributed by atoms with E-state index in [1.807, 2.05) is 25.1 Å². The van der Waals surface area contributed by atoms with Crippen LogP contribution >= 0.6 is 0 Å². The highest BCUT2D eigenvalue weighted by molar-refractivity contribution is 7.89. The molecule has 1 fully saturated rings. The lowest BCUT2D eigenvalue weighted by Crippen LogP contribution is -2.41. The van der Waals surface area contributed by atoms with Crippen molar-refractivity contribution in [2.75, 3.05) is 19.7 Å². The fraction of sp³-hybridized carbons (Fsp3) is 0.630. The zero-order valence-electron chi connectivity index (χ0n) is 22.7. The van der Waals surface area contributed by atoms with Gasteiger partial charge in [-0.25, -0.2) is 8.42 Å². The minimum Gasteiger partial charge on any atom is -0.417 e. The highest BCUT2D eigenvalue weighted by Gasteiger charge is 2.41. The molecule has 0 aromatic heterocycles. The molecule has 1 aliphatic rings. The molecule has 0 N–H and O–H groups in total. The van der Waals surface area contributed by atoms with Crippen LogP contribution < -0.4 is 0 Å². The lowest BCUT2D eigenvalue weighted by atomic mass is 10.2. The van der Waals surface area contributed by atoms with Crippen LogP contribution in [0.4, 0.5) is 0 Å². The quantitative estimate of drug-likeness (QED) is 0.202. The minimum absolute atomic E-state index is 0.219. The summed E-state index contributed by atoms with van der Waals surface area (Å²) in [6.07, 6.45) is 5.88. The average Bonchev–Trinajstić information content (AvgIpc) is 3.45. The fourth-order valence-corrected chi connectivity index (χ4v) is 6.37. The van der Waals surface area contributed by atoms with Crippen LogP contribution in [-0.2, 0) is 14.4 Å². The van der Waals surface area contributed by atoms with E-state index in [2.05, 4.69) is 71.0 Å². The van der Waals surface area contributed by atoms with Crippen molar-refractivity contribution < 1.29 is 12.8 Å². The van der Waals surface area contributed by atoms with E-state index in [0.29, 0.717) is 36.2 Å². The molecule has 34 heavy (non-hydrogen) atoms. The van der Waals surface area contributed by atoms with Gasteiger partial charge in [0.25, 0.3) is 0 Å². The maximum atomic E-state index is 13.3. The standard InChI is InChI=1S/C27H45NO3SSi2/c1-23-14-16-26(17-15-23)32(29,30)28(18-10-11-20-33(5,6)7)19-12-13-24-21-25(24)22-31-34(8,9)27(2,3)4/h12-17,24-25H,10,18-19,21-22H2,1-9H3/b13-12+/t24-,25+/m1/s1. The van der Waals surface area contributed by atoms with Gasteiger partial charge >= 0.3 is 0 Å². The molecule has 4 nitrogen and oxygen atoms in total. The summed E-state index contributed by atoms with van der Waals surface area (Å²) in [5.41, 5.74) is 4.39. The summed E-state index contributed by atoms with van der Waals surface area (Å²) in [5.74, 6) is 4.26. The zero-order valence-corrected chi connectivity index (χ0v) is 25.6. The number of hydrogen-bond acceptors (Lipinski definition) is 3. The van der Waals surface area contributed by atoms with Crippen molar-refractivity contribution in [3.63, 3.8) is 0 Å². The number of allylic oxidation sites excluding steroid dienone is 1. The third kappa shape index (κ3) is 8.80. The number of nitrogens with zero attached hydrogens (tertiary/aromatic N) is 1. The molecule has 190 valence electrons. The van der Waals surface area contributed by atoms with Gasteiger partial charge in [0, 0.05) is 26.1 Å². The second-order valence-corrected chi connectivity index (χ2v) is 23.6. The van der Waals surface area contributed by atoms with Gasteiger partial charge in [-0.1, -0.05) is 70.3 Å². The molecule has 2 rings (SSSR count). The third-order valence-corrected chi connectivity index (χ3v) is 14.0. The molecule has 1 aromatic rings. The predicted octanol–water partition coefficient (Wildman–Crippen LogP) is 6.47. The molecular weight excluding hydrogens is 475 g/mol. The molecule has 0 heterocycles. The van der Waals surface area contributed by atoms with Crippen LogP contribution in [-0.4, -0.2) is 48.8 Å². The Labute approximate surface area is 211 Å². The number of sulfonamides is 1. The smallest absolute Gasteiger partial charge is 0.243 e. The van der Waals surface area contributed by atoms with E-state index in [4.69, 9.17) is 4.43 Å². The molecule has 2 atom stereocenters. The van der Waals surface area contributed by atoms with Crippen LogP contribution in [0, 0.1) is 30.2 Å². The van der Waals surface area contributed by atoms with Crippen molar-refractivity contribution >= 4 is 26.4 Å². The van der Waals surface area contributed by atoms with Crippen LogP contribution in [0.5, 0.6) is 0 Å². The Morgan fingerprint density at radius 3 is 2.29 bits per heavy atom. The van der Waals surface area contributed by atoms with E-state index in [1.54, 1.807) is 16.4 Å². The van der Waals surface area contributed by atoms with Gasteiger partial charge < -0.3 is 4.43 Å². The van der Waals surface area contributed by atoms with E-state index in [0.717, 1.165) is 18.6 Å². The van der Waals surface area contributed by atoms with Crippen molar-refractivity contribution in [3.05, 3.63) is 42.0 Å². The Hall–Kier alpha value is -1.18. The molecule has 0 aliphatic heterocycles. The maximum absolute atomic E-state index is 13.3. The van der Waals surface area contributed by atoms with E-state index in [1.165, 1.54) is 0 Å². The normalized spacial score (nSPS) is 19.4. The number of aryl methyl sites for hydroxylation is 1. The molecule has 7 heteroatoms. The molecule has 1 saturated carbocycles. The number of benzene rings is 1. The van der Waals surface area contributed by atoms with E-state index >= 15 is 0 Å². The van der Waals surface area contributed by atoms with Gasteiger partial charge in [-0.2, -0.15) is 4.31 Å². The molecule has 0 amide bonds. The molecule has 1 aliphatic carbocycles. The third-order valence-electron chi connectivity index (χ3n) is 6.74. The van der Waals surface area contributed by atoms with Gasteiger partial charge in [0.05, 0.1) is 4.90 Å². The predicted molar refractivity (Wildman–Crippen MR) is 150 cm³/mol. The van der Waals surface area contributed by atoms with E-state index in [9.17, 15) is 8.42 Å². The Morgan fingerprint density at radius 1 is 1.12 bits per heavy atom. The number of rotatable bonds is 10. The maximum Gasteiger partial charge on any atom is 0.243 e. The summed E-state index contributed by atoms with van der Waals surface area (Å²) >= 11 is 0. The first-order valence-electron chi connectivity index (χ1n) is 12.4. The molecule has 1 aromatic carbocycles. The SMILES string of the molecule is Cc1ccc(S(=O)(=O)N(C/C=C/[C@@H]2C[C@H]2CO[Si](C)(C)C(C)(C)C)CCC#C[Si](C)(C)C)cc1. The summed E-state index contributed by atoms with van der Waals surface area (Å²) < 4.78 is 34.6. The summed E-state index contributed by atoms with van der Waals surface area (Å²) in [4.78, 5) is 0.344. The summed E-state index contributed by atoms with van der Waals surface area (Å²) in [6.45, 7) is 21.5. The first kappa shape index (κ1) is 29.1. The Kier molecular flexibility index (Phi) is 9.62. The van der Waals surface area contributed by atoms with Crippen molar-refractivity contribution in [1.82, 2.24) is 4.31 Å². The second-order valence-electron chi connectivity index (χ2n) is 12.1. The van der Waals surface area contributed by atoms with Crippen molar-refractivity contribution in [2.24, 2.45) is 11.8 Å². The van der Waals surface area contributed by atoms with Crippen molar-refractivity contribution in [2.45, 2.75) is 83.2 Å². The highest BCUT2D eigenvalue weighted by atomic mass is 32.2. The van der Waals surface area contributed by atoms with Gasteiger partial charge in [0.2, 0.25) is 10.0 Å². The van der Waals surface area contributed by atoms with E-state index < -0.39 is 26.4 Å². The van der Waals surface area contributed by atoms with Gasteiger partial charge in [0.15, 0.2) is 8.32 Å². The van der Waals surface area contributed by atoms with Gasteiger partial charge in [-0.3, -0.25) is 0 Å². The zero-order chi connectivity index (χ0) is 25.8.